The minimum Gasteiger partial charge on any atom is -0.311 e. The number of rotatable bonds is 5. The maximum absolute atomic E-state index is 13.0. The zero-order valence-corrected chi connectivity index (χ0v) is 17.5. The summed E-state index contributed by atoms with van der Waals surface area (Å²) < 4.78 is 52.3. The summed E-state index contributed by atoms with van der Waals surface area (Å²) in [5.74, 6) is -1.03. The van der Waals surface area contributed by atoms with E-state index in [1.165, 1.54) is 41.1 Å². The number of hydrogen-bond donors (Lipinski definition) is 1. The van der Waals surface area contributed by atoms with Crippen molar-refractivity contribution in [3.05, 3.63) is 99.2 Å². The molecule has 1 aromatic carbocycles. The number of benzene rings is 1. The van der Waals surface area contributed by atoms with Gasteiger partial charge in [-0.2, -0.15) is 13.2 Å². The fourth-order valence-corrected chi connectivity index (χ4v) is 3.62. The minimum atomic E-state index is -4.43. The average molecular weight is 474 g/mol. The number of amides is 1. The Bertz CT molecular complexity index is 1350. The zero-order chi connectivity index (χ0) is 23.6. The molecule has 0 aliphatic carbocycles. The quantitative estimate of drug-likeness (QED) is 0.421. The third kappa shape index (κ3) is 5.32. The molecule has 6 nitrogen and oxygen atoms in total. The molecular weight excluding hydrogens is 460 g/mol. The maximum Gasteiger partial charge on any atom is 0.416 e. The molecule has 0 unspecified atom stereocenters. The van der Waals surface area contributed by atoms with E-state index >= 15 is 0 Å². The fraction of sp³-hybridized carbons (Fsp3) is 0.0909. The van der Waals surface area contributed by atoms with Gasteiger partial charge in [0, 0.05) is 23.2 Å². The number of carbonyl (C=O) groups is 1. The van der Waals surface area contributed by atoms with Gasteiger partial charge in [-0.15, -0.1) is 11.3 Å². The van der Waals surface area contributed by atoms with Crippen LogP contribution < -0.4 is 10.9 Å². The van der Waals surface area contributed by atoms with E-state index in [9.17, 15) is 27.2 Å². The molecule has 0 atom stereocenters. The standard InChI is InChI=1S/C22H14F4N4O2S/c23-16-5-6-17(27-10-16)18-12-33-21(28-18)29-20(32)14-7-8-30(19(31)9-14)11-13-1-3-15(4-2-13)22(24,25)26/h1-10,12H,11H2,(H,28,29,32). The van der Waals surface area contributed by atoms with Gasteiger partial charge in [0.2, 0.25) is 0 Å². The molecule has 11 heteroatoms. The van der Waals surface area contributed by atoms with Crippen molar-refractivity contribution in [3.63, 3.8) is 0 Å². The van der Waals surface area contributed by atoms with Crippen LogP contribution in [0.3, 0.4) is 0 Å². The topological polar surface area (TPSA) is 76.9 Å². The molecule has 0 spiro atoms. The van der Waals surface area contributed by atoms with Crippen LogP contribution in [-0.4, -0.2) is 20.4 Å². The summed E-state index contributed by atoms with van der Waals surface area (Å²) >= 11 is 1.14. The lowest BCUT2D eigenvalue weighted by Crippen LogP contribution is -2.22. The molecule has 0 saturated carbocycles. The highest BCUT2D eigenvalue weighted by Gasteiger charge is 2.29. The van der Waals surface area contributed by atoms with Crippen LogP contribution in [0.5, 0.6) is 0 Å². The lowest BCUT2D eigenvalue weighted by Gasteiger charge is -2.09. The molecule has 0 fully saturated rings. The van der Waals surface area contributed by atoms with Crippen molar-refractivity contribution in [2.45, 2.75) is 12.7 Å². The molecule has 0 bridgehead atoms. The van der Waals surface area contributed by atoms with Crippen LogP contribution >= 0.6 is 11.3 Å². The number of nitrogens with zero attached hydrogens (tertiary/aromatic N) is 3. The van der Waals surface area contributed by atoms with Crippen LogP contribution in [0.2, 0.25) is 0 Å². The molecule has 0 radical (unpaired) electrons. The second-order valence-electron chi connectivity index (χ2n) is 6.93. The number of nitrogens with one attached hydrogen (secondary N) is 1. The predicted octanol–water partition coefficient (Wildman–Crippen LogP) is 4.83. The van der Waals surface area contributed by atoms with E-state index in [2.05, 4.69) is 15.3 Å². The Morgan fingerprint density at radius 1 is 1.06 bits per heavy atom. The number of pyridine rings is 2. The van der Waals surface area contributed by atoms with Crippen LogP contribution in [0.15, 0.2) is 71.1 Å². The molecule has 3 heterocycles. The summed E-state index contributed by atoms with van der Waals surface area (Å²) in [6, 6.07) is 9.77. The molecule has 1 amide bonds. The van der Waals surface area contributed by atoms with Gasteiger partial charge >= 0.3 is 6.18 Å². The lowest BCUT2D eigenvalue weighted by atomic mass is 10.1. The first kappa shape index (κ1) is 22.3. The van der Waals surface area contributed by atoms with Crippen molar-refractivity contribution in [2.24, 2.45) is 0 Å². The number of alkyl halides is 3. The van der Waals surface area contributed by atoms with Crippen molar-refractivity contribution >= 4 is 22.4 Å². The van der Waals surface area contributed by atoms with E-state index in [4.69, 9.17) is 0 Å². The van der Waals surface area contributed by atoms with Crippen LogP contribution in [0.4, 0.5) is 22.7 Å². The Labute approximate surface area is 188 Å². The Balaban J connectivity index is 1.44. The van der Waals surface area contributed by atoms with Crippen LogP contribution in [0, 0.1) is 5.82 Å². The first-order chi connectivity index (χ1) is 15.7. The van der Waals surface area contributed by atoms with Crippen molar-refractivity contribution in [2.75, 3.05) is 5.32 Å². The summed E-state index contributed by atoms with van der Waals surface area (Å²) in [7, 11) is 0. The number of anilines is 1. The number of carbonyl (C=O) groups excluding carboxylic acids is 1. The molecule has 1 N–H and O–H groups in total. The smallest absolute Gasteiger partial charge is 0.311 e. The zero-order valence-electron chi connectivity index (χ0n) is 16.6. The van der Waals surface area contributed by atoms with Crippen molar-refractivity contribution in [1.82, 2.24) is 14.5 Å². The Hall–Kier alpha value is -3.86. The summed E-state index contributed by atoms with van der Waals surface area (Å²) in [5.41, 5.74) is 0.248. The van der Waals surface area contributed by atoms with E-state index < -0.39 is 29.0 Å². The maximum atomic E-state index is 13.0. The molecule has 3 aromatic heterocycles. The van der Waals surface area contributed by atoms with Gasteiger partial charge in [0.15, 0.2) is 5.13 Å². The molecule has 0 saturated heterocycles. The largest absolute Gasteiger partial charge is 0.416 e. The second kappa shape index (κ2) is 8.94. The highest BCUT2D eigenvalue weighted by molar-refractivity contribution is 7.14. The Kier molecular flexibility index (Phi) is 6.05. The van der Waals surface area contributed by atoms with E-state index in [0.29, 0.717) is 17.0 Å². The number of halogens is 4. The van der Waals surface area contributed by atoms with Crippen molar-refractivity contribution < 1.29 is 22.4 Å². The van der Waals surface area contributed by atoms with Gasteiger partial charge in [-0.3, -0.25) is 19.9 Å². The summed E-state index contributed by atoms with van der Waals surface area (Å²) in [4.78, 5) is 33.1. The van der Waals surface area contributed by atoms with Crippen molar-refractivity contribution in [3.8, 4) is 11.4 Å². The van der Waals surface area contributed by atoms with Gasteiger partial charge < -0.3 is 4.57 Å². The average Bonchev–Trinajstić information content (AvgIpc) is 3.24. The molecule has 4 aromatic rings. The molecule has 0 aliphatic rings. The third-order valence-electron chi connectivity index (χ3n) is 4.61. The molecule has 168 valence electrons. The summed E-state index contributed by atoms with van der Waals surface area (Å²) in [6.45, 7) is 0.0549. The second-order valence-corrected chi connectivity index (χ2v) is 7.79. The van der Waals surface area contributed by atoms with Gasteiger partial charge in [-0.1, -0.05) is 12.1 Å². The first-order valence-electron chi connectivity index (χ1n) is 9.44. The van der Waals surface area contributed by atoms with Gasteiger partial charge in [0.1, 0.15) is 11.5 Å². The van der Waals surface area contributed by atoms with Crippen LogP contribution in [0.25, 0.3) is 11.4 Å². The molecule has 33 heavy (non-hydrogen) atoms. The number of thiazole rings is 1. The highest BCUT2D eigenvalue weighted by atomic mass is 32.1. The predicted molar refractivity (Wildman–Crippen MR) is 115 cm³/mol. The summed E-state index contributed by atoms with van der Waals surface area (Å²) in [5, 5.41) is 4.51. The van der Waals surface area contributed by atoms with Crippen LogP contribution in [-0.2, 0) is 12.7 Å². The normalized spacial score (nSPS) is 11.4. The van der Waals surface area contributed by atoms with Gasteiger partial charge in [-0.25, -0.2) is 9.37 Å². The van der Waals surface area contributed by atoms with E-state index in [-0.39, 0.29) is 17.2 Å². The lowest BCUT2D eigenvalue weighted by molar-refractivity contribution is -0.137. The SMILES string of the molecule is O=C(Nc1nc(-c2ccc(F)cn2)cs1)c1ccn(Cc2ccc(C(F)(F)F)cc2)c(=O)c1. The van der Waals surface area contributed by atoms with Crippen LogP contribution in [0.1, 0.15) is 21.5 Å². The Morgan fingerprint density at radius 2 is 1.82 bits per heavy atom. The Morgan fingerprint density at radius 3 is 2.45 bits per heavy atom. The van der Waals surface area contributed by atoms with E-state index in [1.54, 1.807) is 5.38 Å². The van der Waals surface area contributed by atoms with Gasteiger partial charge in [0.25, 0.3) is 11.5 Å². The highest BCUT2D eigenvalue weighted by Crippen LogP contribution is 2.29. The number of hydrogen-bond acceptors (Lipinski definition) is 5. The van der Waals surface area contributed by atoms with Crippen molar-refractivity contribution in [1.29, 1.82) is 0 Å². The molecule has 0 aliphatic heterocycles. The van der Waals surface area contributed by atoms with E-state index in [1.807, 2.05) is 0 Å². The fourth-order valence-electron chi connectivity index (χ4n) is 2.92. The molecular formula is C22H14F4N4O2S. The van der Waals surface area contributed by atoms with Gasteiger partial charge in [-0.05, 0) is 35.9 Å². The third-order valence-corrected chi connectivity index (χ3v) is 5.36. The molecule has 4 rings (SSSR count). The minimum absolute atomic E-state index is 0.0549. The van der Waals surface area contributed by atoms with E-state index in [0.717, 1.165) is 35.7 Å². The monoisotopic (exact) mass is 474 g/mol. The first-order valence-corrected chi connectivity index (χ1v) is 10.3. The number of aromatic nitrogens is 3. The van der Waals surface area contributed by atoms with Gasteiger partial charge in [0.05, 0.1) is 24.0 Å². The summed E-state index contributed by atoms with van der Waals surface area (Å²) in [6.07, 6.45) is -1.98.